The Hall–Kier alpha value is -1.20. The Balaban J connectivity index is 1.88. The first-order chi connectivity index (χ1) is 8.16. The van der Waals surface area contributed by atoms with E-state index in [1.54, 1.807) is 17.8 Å². The molecule has 1 heterocycles. The maximum absolute atomic E-state index is 11.7. The van der Waals surface area contributed by atoms with Crippen molar-refractivity contribution in [1.82, 2.24) is 0 Å². The van der Waals surface area contributed by atoms with Gasteiger partial charge in [0.1, 0.15) is 0 Å². The number of anilines is 2. The van der Waals surface area contributed by atoms with Crippen LogP contribution in [0, 0.1) is 6.92 Å². The van der Waals surface area contributed by atoms with Crippen molar-refractivity contribution < 1.29 is 9.53 Å². The van der Waals surface area contributed by atoms with E-state index >= 15 is 0 Å². The number of carbonyl (C=O) groups excluding carboxylic acids is 1. The Morgan fingerprint density at radius 3 is 2.94 bits per heavy atom. The van der Waals surface area contributed by atoms with E-state index in [0.717, 1.165) is 24.5 Å². The molecule has 0 saturated carbocycles. The summed E-state index contributed by atoms with van der Waals surface area (Å²) < 4.78 is 5.05. The zero-order valence-corrected chi connectivity index (χ0v) is 10.5. The molecule has 1 aliphatic rings. The molecule has 1 amide bonds. The van der Waals surface area contributed by atoms with Crippen LogP contribution in [0.4, 0.5) is 11.4 Å². The third-order valence-electron chi connectivity index (χ3n) is 2.63. The third-order valence-corrected chi connectivity index (χ3v) is 3.80. The number of thioether (sulfide) groups is 1. The topological polar surface area (TPSA) is 64.3 Å². The first kappa shape index (κ1) is 12.3. The highest BCUT2D eigenvalue weighted by molar-refractivity contribution is 8.00. The lowest BCUT2D eigenvalue weighted by atomic mass is 10.1. The lowest BCUT2D eigenvalue weighted by Gasteiger charge is -2.24. The molecule has 1 fully saturated rings. The molecule has 0 unspecified atom stereocenters. The molecule has 2 rings (SSSR count). The lowest BCUT2D eigenvalue weighted by molar-refractivity contribution is -0.113. The Morgan fingerprint density at radius 1 is 1.59 bits per heavy atom. The second-order valence-corrected chi connectivity index (χ2v) is 5.35. The monoisotopic (exact) mass is 252 g/mol. The van der Waals surface area contributed by atoms with Gasteiger partial charge in [0.2, 0.25) is 5.91 Å². The number of benzene rings is 1. The molecule has 5 heteroatoms. The van der Waals surface area contributed by atoms with Crippen LogP contribution in [-0.2, 0) is 9.53 Å². The number of hydrogen-bond donors (Lipinski definition) is 2. The summed E-state index contributed by atoms with van der Waals surface area (Å²) in [6.45, 7) is 3.44. The third kappa shape index (κ3) is 3.14. The molecule has 17 heavy (non-hydrogen) atoms. The summed E-state index contributed by atoms with van der Waals surface area (Å²) in [6, 6.07) is 5.59. The van der Waals surface area contributed by atoms with Crippen LogP contribution in [0.15, 0.2) is 18.2 Å². The second-order valence-electron chi connectivity index (χ2n) is 4.06. The normalized spacial score (nSPS) is 15.4. The minimum atomic E-state index is -0.0112. The number of nitrogen functional groups attached to an aromatic ring is 1. The zero-order valence-electron chi connectivity index (χ0n) is 9.73. The molecule has 0 aliphatic carbocycles. The predicted molar refractivity (Wildman–Crippen MR) is 71.3 cm³/mol. The van der Waals surface area contributed by atoms with E-state index in [2.05, 4.69) is 5.32 Å². The maximum Gasteiger partial charge on any atom is 0.234 e. The van der Waals surface area contributed by atoms with Crippen LogP contribution < -0.4 is 11.1 Å². The van der Waals surface area contributed by atoms with Gasteiger partial charge in [-0.1, -0.05) is 12.1 Å². The summed E-state index contributed by atoms with van der Waals surface area (Å²) >= 11 is 1.62. The molecular formula is C12H16N2O2S. The molecule has 4 nitrogen and oxygen atoms in total. The van der Waals surface area contributed by atoms with Crippen LogP contribution in [-0.4, -0.2) is 30.1 Å². The lowest BCUT2D eigenvalue weighted by Crippen LogP contribution is -2.32. The summed E-state index contributed by atoms with van der Waals surface area (Å²) in [7, 11) is 0. The van der Waals surface area contributed by atoms with E-state index in [-0.39, 0.29) is 5.91 Å². The fourth-order valence-electron chi connectivity index (χ4n) is 1.54. The number of rotatable bonds is 4. The first-order valence-corrected chi connectivity index (χ1v) is 6.56. The highest BCUT2D eigenvalue weighted by Gasteiger charge is 2.20. The number of hydrogen-bond acceptors (Lipinski definition) is 4. The van der Waals surface area contributed by atoms with Gasteiger partial charge in [0.05, 0.1) is 35.6 Å². The van der Waals surface area contributed by atoms with Gasteiger partial charge in [-0.25, -0.2) is 0 Å². The second kappa shape index (κ2) is 5.42. The molecule has 0 atom stereocenters. The number of nitrogens with one attached hydrogen (secondary N) is 1. The van der Waals surface area contributed by atoms with E-state index < -0.39 is 0 Å². The van der Waals surface area contributed by atoms with Crippen molar-refractivity contribution in [2.75, 3.05) is 30.0 Å². The van der Waals surface area contributed by atoms with Gasteiger partial charge in [0.15, 0.2) is 0 Å². The minimum absolute atomic E-state index is 0.0112. The number of ether oxygens (including phenoxy) is 1. The minimum Gasteiger partial charge on any atom is -0.397 e. The largest absolute Gasteiger partial charge is 0.397 e. The van der Waals surface area contributed by atoms with E-state index in [1.807, 2.05) is 19.1 Å². The fraction of sp³-hybridized carbons (Fsp3) is 0.417. The van der Waals surface area contributed by atoms with Gasteiger partial charge < -0.3 is 15.8 Å². The van der Waals surface area contributed by atoms with Gasteiger partial charge in [0.25, 0.3) is 0 Å². The van der Waals surface area contributed by atoms with Crippen LogP contribution in [0.5, 0.6) is 0 Å². The summed E-state index contributed by atoms with van der Waals surface area (Å²) in [4.78, 5) is 11.7. The van der Waals surface area contributed by atoms with Crippen molar-refractivity contribution in [3.8, 4) is 0 Å². The predicted octanol–water partition coefficient (Wildman–Crippen LogP) is 1.65. The van der Waals surface area contributed by atoms with Crippen molar-refractivity contribution in [3.05, 3.63) is 23.8 Å². The standard InChI is InChI=1S/C12H16N2O2S/c1-8-3-2-4-10(13)12(8)14-11(15)7-17-9-5-16-6-9/h2-4,9H,5-7,13H2,1H3,(H,14,15). The first-order valence-electron chi connectivity index (χ1n) is 5.51. The molecule has 92 valence electrons. The van der Waals surface area contributed by atoms with Crippen LogP contribution in [0.1, 0.15) is 5.56 Å². The molecule has 1 saturated heterocycles. The number of para-hydroxylation sites is 1. The summed E-state index contributed by atoms with van der Waals surface area (Å²) in [6.07, 6.45) is 0. The molecule has 1 aliphatic heterocycles. The molecule has 1 aromatic rings. The van der Waals surface area contributed by atoms with Crippen molar-refractivity contribution in [2.24, 2.45) is 0 Å². The van der Waals surface area contributed by atoms with Crippen LogP contribution in [0.25, 0.3) is 0 Å². The number of carbonyl (C=O) groups is 1. The van der Waals surface area contributed by atoms with Gasteiger partial charge >= 0.3 is 0 Å². The Morgan fingerprint density at radius 2 is 2.35 bits per heavy atom. The molecule has 0 radical (unpaired) electrons. The molecule has 1 aromatic carbocycles. The SMILES string of the molecule is Cc1cccc(N)c1NC(=O)CSC1COC1. The quantitative estimate of drug-likeness (QED) is 0.800. The Bertz CT molecular complexity index is 399. The van der Waals surface area contributed by atoms with Gasteiger partial charge in [-0.2, -0.15) is 0 Å². The molecule has 3 N–H and O–H groups in total. The van der Waals surface area contributed by atoms with Gasteiger partial charge in [0, 0.05) is 0 Å². The fourth-order valence-corrected chi connectivity index (χ4v) is 2.38. The molecule has 0 spiro atoms. The van der Waals surface area contributed by atoms with Gasteiger partial charge in [-0.05, 0) is 18.6 Å². The molecule has 0 aromatic heterocycles. The number of amides is 1. The van der Waals surface area contributed by atoms with E-state index in [4.69, 9.17) is 10.5 Å². The van der Waals surface area contributed by atoms with Crippen LogP contribution in [0.3, 0.4) is 0 Å². The Kier molecular flexibility index (Phi) is 3.91. The summed E-state index contributed by atoms with van der Waals surface area (Å²) in [5.41, 5.74) is 8.13. The Labute approximate surface area is 105 Å². The zero-order chi connectivity index (χ0) is 12.3. The number of aryl methyl sites for hydroxylation is 1. The van der Waals surface area contributed by atoms with E-state index in [1.165, 1.54) is 0 Å². The van der Waals surface area contributed by atoms with Crippen molar-refractivity contribution >= 4 is 29.0 Å². The van der Waals surface area contributed by atoms with Crippen molar-refractivity contribution in [2.45, 2.75) is 12.2 Å². The number of nitrogens with two attached hydrogens (primary N) is 1. The molecular weight excluding hydrogens is 236 g/mol. The van der Waals surface area contributed by atoms with Gasteiger partial charge in [-0.15, -0.1) is 11.8 Å². The van der Waals surface area contributed by atoms with E-state index in [9.17, 15) is 4.79 Å². The van der Waals surface area contributed by atoms with Crippen LogP contribution >= 0.6 is 11.8 Å². The van der Waals surface area contributed by atoms with E-state index in [0.29, 0.717) is 16.7 Å². The van der Waals surface area contributed by atoms with Crippen LogP contribution in [0.2, 0.25) is 0 Å². The smallest absolute Gasteiger partial charge is 0.234 e. The summed E-state index contributed by atoms with van der Waals surface area (Å²) in [5.74, 6) is 0.435. The van der Waals surface area contributed by atoms with Crippen molar-refractivity contribution in [1.29, 1.82) is 0 Å². The van der Waals surface area contributed by atoms with Crippen molar-refractivity contribution in [3.63, 3.8) is 0 Å². The highest BCUT2D eigenvalue weighted by atomic mass is 32.2. The van der Waals surface area contributed by atoms with Gasteiger partial charge in [-0.3, -0.25) is 4.79 Å². The molecule has 0 bridgehead atoms. The average Bonchev–Trinajstić information content (AvgIpc) is 2.21. The maximum atomic E-state index is 11.7. The summed E-state index contributed by atoms with van der Waals surface area (Å²) in [5, 5.41) is 3.32. The highest BCUT2D eigenvalue weighted by Crippen LogP contribution is 2.23. The average molecular weight is 252 g/mol.